The van der Waals surface area contributed by atoms with E-state index in [0.717, 1.165) is 0 Å². The van der Waals surface area contributed by atoms with Crippen LogP contribution in [0.15, 0.2) is 59.5 Å². The zero-order valence-electron chi connectivity index (χ0n) is 17.5. The number of ether oxygens (including phenoxy) is 1. The second-order valence-corrected chi connectivity index (χ2v) is 10.6. The van der Waals surface area contributed by atoms with Gasteiger partial charge in [-0.15, -0.1) is 11.6 Å². The quantitative estimate of drug-likeness (QED) is 0.631. The van der Waals surface area contributed by atoms with Gasteiger partial charge in [0, 0.05) is 12.6 Å². The lowest BCUT2D eigenvalue weighted by Gasteiger charge is -2.50. The van der Waals surface area contributed by atoms with E-state index in [9.17, 15) is 13.5 Å². The third-order valence-corrected chi connectivity index (χ3v) is 7.78. The van der Waals surface area contributed by atoms with Gasteiger partial charge in [-0.3, -0.25) is 0 Å². The number of aliphatic hydroxyl groups is 1. The van der Waals surface area contributed by atoms with Crippen LogP contribution in [0.25, 0.3) is 0 Å². The first-order chi connectivity index (χ1) is 14.1. The van der Waals surface area contributed by atoms with Crippen molar-refractivity contribution in [3.8, 4) is 5.75 Å². The summed E-state index contributed by atoms with van der Waals surface area (Å²) in [7, 11) is 1.67. The number of halogens is 1. The molecule has 164 valence electrons. The molecule has 0 heterocycles. The highest BCUT2D eigenvalue weighted by molar-refractivity contribution is 7.89. The molecule has 3 atom stereocenters. The maximum absolute atomic E-state index is 12.8. The zero-order chi connectivity index (χ0) is 22.0. The first-order valence-electron chi connectivity index (χ1n) is 9.88. The molecule has 0 spiro atoms. The maximum Gasteiger partial charge on any atom is 0.240 e. The van der Waals surface area contributed by atoms with E-state index in [1.807, 2.05) is 37.2 Å². The molecule has 1 aliphatic rings. The minimum atomic E-state index is -3.68. The van der Waals surface area contributed by atoms with E-state index in [-0.39, 0.29) is 11.3 Å². The number of hydrogen-bond donors (Lipinski definition) is 2. The number of methoxy groups -OCH3 is 1. The second-order valence-electron chi connectivity index (χ2n) is 8.17. The smallest absolute Gasteiger partial charge is 0.240 e. The van der Waals surface area contributed by atoms with E-state index in [1.165, 1.54) is 0 Å². The average Bonchev–Trinajstić information content (AvgIpc) is 2.70. The largest absolute Gasteiger partial charge is 0.497 e. The van der Waals surface area contributed by atoms with E-state index >= 15 is 0 Å². The third kappa shape index (κ3) is 4.65. The van der Waals surface area contributed by atoms with Crippen LogP contribution in [0.4, 0.5) is 0 Å². The number of nitrogens with zero attached hydrogens (tertiary/aromatic N) is 1. The first-order valence-corrected chi connectivity index (χ1v) is 11.7. The van der Waals surface area contributed by atoms with Crippen LogP contribution in [-0.2, 0) is 15.6 Å². The normalized spacial score (nSPS) is 27.2. The van der Waals surface area contributed by atoms with Crippen molar-refractivity contribution < 1.29 is 18.3 Å². The number of sulfonamides is 1. The molecular formula is C22H29ClN2O4S. The molecule has 1 fully saturated rings. The second kappa shape index (κ2) is 8.85. The van der Waals surface area contributed by atoms with E-state index in [1.54, 1.807) is 43.5 Å². The average molecular weight is 453 g/mol. The molecule has 3 unspecified atom stereocenters. The molecule has 3 rings (SSSR count). The van der Waals surface area contributed by atoms with Crippen LogP contribution in [0.3, 0.4) is 0 Å². The van der Waals surface area contributed by atoms with Gasteiger partial charge in [-0.1, -0.05) is 30.3 Å². The molecule has 0 bridgehead atoms. The van der Waals surface area contributed by atoms with Crippen molar-refractivity contribution in [2.45, 2.75) is 40.7 Å². The Morgan fingerprint density at radius 2 is 1.90 bits per heavy atom. The Bertz CT molecular complexity index is 970. The SMILES string of the molecule is COc1cccc(C2(O)CCC(NS(=O)(=O)c3ccccc3)CC2(Cl)CN(C)C)c1. The highest BCUT2D eigenvalue weighted by Crippen LogP contribution is 2.49. The standard InChI is InChI=1S/C22H29ClN2O4S/c1-25(2)16-21(23)15-18(24-30(27,28)20-10-5-4-6-11-20)12-13-22(21,26)17-8-7-9-19(14-17)29-3/h4-11,14,18,24,26H,12-13,15-16H2,1-3H3. The molecule has 1 aliphatic carbocycles. The highest BCUT2D eigenvalue weighted by atomic mass is 35.5. The molecule has 0 amide bonds. The van der Waals surface area contributed by atoms with Crippen LogP contribution >= 0.6 is 11.6 Å². The van der Waals surface area contributed by atoms with E-state index in [2.05, 4.69) is 4.72 Å². The van der Waals surface area contributed by atoms with Crippen molar-refractivity contribution in [3.63, 3.8) is 0 Å². The lowest BCUT2D eigenvalue weighted by atomic mass is 9.69. The molecule has 2 aromatic carbocycles. The molecule has 1 saturated carbocycles. The Morgan fingerprint density at radius 3 is 2.53 bits per heavy atom. The Hall–Kier alpha value is -1.64. The van der Waals surface area contributed by atoms with Crippen LogP contribution in [0.1, 0.15) is 24.8 Å². The van der Waals surface area contributed by atoms with Gasteiger partial charge in [0.25, 0.3) is 0 Å². The summed E-state index contributed by atoms with van der Waals surface area (Å²) in [6.45, 7) is 0.381. The molecule has 0 radical (unpaired) electrons. The predicted octanol–water partition coefficient (Wildman–Crippen LogP) is 2.95. The number of hydrogen-bond acceptors (Lipinski definition) is 5. The van der Waals surface area contributed by atoms with E-state index in [4.69, 9.17) is 16.3 Å². The molecule has 30 heavy (non-hydrogen) atoms. The molecule has 6 nitrogen and oxygen atoms in total. The van der Waals surface area contributed by atoms with Gasteiger partial charge in [0.1, 0.15) is 11.4 Å². The highest BCUT2D eigenvalue weighted by Gasteiger charge is 2.55. The summed E-state index contributed by atoms with van der Waals surface area (Å²) in [6.07, 6.45) is 1.06. The predicted molar refractivity (Wildman–Crippen MR) is 118 cm³/mol. The first kappa shape index (κ1) is 23.0. The summed E-state index contributed by atoms with van der Waals surface area (Å²) >= 11 is 7.11. The van der Waals surface area contributed by atoms with Gasteiger partial charge in [-0.05, 0) is 63.2 Å². The van der Waals surface area contributed by atoms with Crippen LogP contribution in [-0.4, -0.2) is 57.1 Å². The van der Waals surface area contributed by atoms with Crippen molar-refractivity contribution in [2.24, 2.45) is 0 Å². The van der Waals surface area contributed by atoms with Crippen LogP contribution in [0, 0.1) is 0 Å². The molecule has 0 aliphatic heterocycles. The Morgan fingerprint density at radius 1 is 1.20 bits per heavy atom. The summed E-state index contributed by atoms with van der Waals surface area (Å²) < 4.78 is 33.7. The fraction of sp³-hybridized carbons (Fsp3) is 0.455. The van der Waals surface area contributed by atoms with Crippen molar-refractivity contribution >= 4 is 21.6 Å². The molecule has 8 heteroatoms. The summed E-state index contributed by atoms with van der Waals surface area (Å²) in [5.41, 5.74) is -0.662. The molecule has 0 saturated heterocycles. The Labute approximate surface area is 183 Å². The van der Waals surface area contributed by atoms with Crippen LogP contribution in [0.2, 0.25) is 0 Å². The van der Waals surface area contributed by atoms with Crippen molar-refractivity contribution in [1.29, 1.82) is 0 Å². The van der Waals surface area contributed by atoms with Gasteiger partial charge in [0.2, 0.25) is 10.0 Å². The fourth-order valence-electron chi connectivity index (χ4n) is 4.24. The lowest BCUT2D eigenvalue weighted by Crippen LogP contribution is -2.60. The van der Waals surface area contributed by atoms with Gasteiger partial charge in [0.05, 0.1) is 16.9 Å². The van der Waals surface area contributed by atoms with Gasteiger partial charge in [-0.2, -0.15) is 0 Å². The number of benzene rings is 2. The Balaban J connectivity index is 1.91. The molecule has 0 aromatic heterocycles. The fourth-order valence-corrected chi connectivity index (χ4v) is 6.16. The van der Waals surface area contributed by atoms with Crippen LogP contribution in [0.5, 0.6) is 5.75 Å². The molecule has 2 N–H and O–H groups in total. The topological polar surface area (TPSA) is 78.9 Å². The van der Waals surface area contributed by atoms with Crippen molar-refractivity contribution in [2.75, 3.05) is 27.7 Å². The van der Waals surface area contributed by atoms with Crippen LogP contribution < -0.4 is 9.46 Å². The monoisotopic (exact) mass is 452 g/mol. The minimum Gasteiger partial charge on any atom is -0.497 e. The van der Waals surface area contributed by atoms with E-state index < -0.39 is 26.5 Å². The summed E-state index contributed by atoms with van der Waals surface area (Å²) in [6, 6.07) is 15.1. The minimum absolute atomic E-state index is 0.214. The number of alkyl halides is 1. The van der Waals surface area contributed by atoms with E-state index in [0.29, 0.717) is 30.7 Å². The van der Waals surface area contributed by atoms with Crippen molar-refractivity contribution in [3.05, 3.63) is 60.2 Å². The number of rotatable bonds is 7. The van der Waals surface area contributed by atoms with Gasteiger partial charge in [-0.25, -0.2) is 13.1 Å². The van der Waals surface area contributed by atoms with Crippen molar-refractivity contribution in [1.82, 2.24) is 9.62 Å². The summed E-state index contributed by atoms with van der Waals surface area (Å²) in [4.78, 5) is 1.03. The Kier molecular flexibility index (Phi) is 6.79. The summed E-state index contributed by atoms with van der Waals surface area (Å²) in [5.74, 6) is 0.636. The molecule has 2 aromatic rings. The molecular weight excluding hydrogens is 424 g/mol. The summed E-state index contributed by atoms with van der Waals surface area (Å²) in [5, 5.41) is 11.8. The number of nitrogens with one attached hydrogen (secondary N) is 1. The lowest BCUT2D eigenvalue weighted by molar-refractivity contribution is -0.0517. The third-order valence-electron chi connectivity index (χ3n) is 5.66. The van der Waals surface area contributed by atoms with Gasteiger partial charge >= 0.3 is 0 Å². The zero-order valence-corrected chi connectivity index (χ0v) is 19.1. The maximum atomic E-state index is 12.8. The van der Waals surface area contributed by atoms with Gasteiger partial charge in [0.15, 0.2) is 0 Å². The van der Waals surface area contributed by atoms with Gasteiger partial charge < -0.3 is 14.7 Å².